The van der Waals surface area contributed by atoms with E-state index in [1.54, 1.807) is 0 Å². The van der Waals surface area contributed by atoms with Crippen molar-refractivity contribution in [2.24, 2.45) is 17.8 Å². The molecule has 1 saturated heterocycles. The number of ether oxygens (including phenoxy) is 1. The third-order valence-electron chi connectivity index (χ3n) is 6.81. The number of aliphatic hydroxyl groups excluding tert-OH is 1. The number of aliphatic hydroxyl groups is 1. The topological polar surface area (TPSA) is 49.8 Å². The summed E-state index contributed by atoms with van der Waals surface area (Å²) in [7, 11) is 0. The average molecular weight is 377 g/mol. The smallest absolute Gasteiger partial charge is 0.409 e. The third-order valence-corrected chi connectivity index (χ3v) is 6.81. The molecule has 0 radical (unpaired) electrons. The second kappa shape index (κ2) is 7.25. The van der Waals surface area contributed by atoms with Gasteiger partial charge in [-0.2, -0.15) is 0 Å². The van der Waals surface area contributed by atoms with Crippen LogP contribution in [0.15, 0.2) is 48.5 Å². The molecule has 146 valence electrons. The molecule has 2 aromatic rings. The van der Waals surface area contributed by atoms with Crippen LogP contribution in [0.3, 0.4) is 0 Å². The molecule has 1 N–H and O–H groups in total. The minimum atomic E-state index is -0.181. The Balaban J connectivity index is 1.28. The van der Waals surface area contributed by atoms with Crippen molar-refractivity contribution in [3.8, 4) is 11.1 Å². The molecule has 4 heteroatoms. The predicted octanol–water partition coefficient (Wildman–Crippen LogP) is 4.28. The molecular weight excluding hydrogens is 350 g/mol. The number of fused-ring (bicyclic) bond motifs is 5. The van der Waals surface area contributed by atoms with E-state index < -0.39 is 0 Å². The fourth-order valence-corrected chi connectivity index (χ4v) is 5.68. The highest BCUT2D eigenvalue weighted by Gasteiger charge is 2.37. The van der Waals surface area contributed by atoms with E-state index in [4.69, 9.17) is 4.74 Å². The van der Waals surface area contributed by atoms with Crippen molar-refractivity contribution < 1.29 is 14.6 Å². The maximum atomic E-state index is 12.8. The summed E-state index contributed by atoms with van der Waals surface area (Å²) in [6.45, 7) is 2.20. The van der Waals surface area contributed by atoms with Crippen LogP contribution < -0.4 is 0 Å². The summed E-state index contributed by atoms with van der Waals surface area (Å²) < 4.78 is 5.84. The summed E-state index contributed by atoms with van der Waals surface area (Å²) in [5.74, 6) is 1.53. The van der Waals surface area contributed by atoms with E-state index in [2.05, 4.69) is 48.5 Å². The lowest BCUT2D eigenvalue weighted by Gasteiger charge is -2.43. The zero-order valence-corrected chi connectivity index (χ0v) is 16.1. The molecule has 2 aromatic carbocycles. The van der Waals surface area contributed by atoms with Gasteiger partial charge >= 0.3 is 6.09 Å². The standard InChI is InChI=1S/C24H27NO3/c26-14-18-10-16-9-17(11-18)13-25(12-16)24(27)28-15-23-21-7-3-1-5-19(21)20-6-2-4-8-22(20)23/h1-8,16-18,23,26H,9-15H2/t16-,17+,18?. The number of piperidine rings is 1. The van der Waals surface area contributed by atoms with E-state index in [0.29, 0.717) is 24.4 Å². The normalized spacial score (nSPS) is 25.9. The molecule has 4 nitrogen and oxygen atoms in total. The number of benzene rings is 2. The van der Waals surface area contributed by atoms with Crippen LogP contribution in [-0.4, -0.2) is 42.4 Å². The van der Waals surface area contributed by atoms with Gasteiger partial charge in [-0.1, -0.05) is 48.5 Å². The van der Waals surface area contributed by atoms with Crippen LogP contribution >= 0.6 is 0 Å². The Hall–Kier alpha value is -2.33. The number of hydrogen-bond acceptors (Lipinski definition) is 3. The number of hydrogen-bond donors (Lipinski definition) is 1. The maximum Gasteiger partial charge on any atom is 0.409 e. The summed E-state index contributed by atoms with van der Waals surface area (Å²) in [5.41, 5.74) is 5.00. The van der Waals surface area contributed by atoms with Crippen LogP contribution in [0.2, 0.25) is 0 Å². The van der Waals surface area contributed by atoms with Crippen LogP contribution in [0.5, 0.6) is 0 Å². The first-order valence-electron chi connectivity index (χ1n) is 10.4. The Kier molecular flexibility index (Phi) is 4.59. The first kappa shape index (κ1) is 17.7. The summed E-state index contributed by atoms with van der Waals surface area (Å²) in [6.07, 6.45) is 3.06. The fraction of sp³-hybridized carbons (Fsp3) is 0.458. The molecule has 1 unspecified atom stereocenters. The lowest BCUT2D eigenvalue weighted by atomic mass is 9.73. The van der Waals surface area contributed by atoms with Gasteiger partial charge in [0.1, 0.15) is 6.61 Å². The number of likely N-dealkylation sites (tertiary alicyclic amines) is 1. The number of carbonyl (C=O) groups is 1. The molecule has 0 spiro atoms. The van der Waals surface area contributed by atoms with Crippen molar-refractivity contribution in [1.29, 1.82) is 0 Å². The highest BCUT2D eigenvalue weighted by Crippen LogP contribution is 2.44. The number of amides is 1. The SMILES string of the molecule is O=C(OCC1c2ccccc2-c2ccccc21)N1C[C@@H]2CC(CO)C[C@@H](C2)C1. The molecule has 0 aromatic heterocycles. The van der Waals surface area contributed by atoms with Gasteiger partial charge in [-0.15, -0.1) is 0 Å². The lowest BCUT2D eigenvalue weighted by molar-refractivity contribution is 0.0275. The zero-order valence-electron chi connectivity index (χ0n) is 16.1. The van der Waals surface area contributed by atoms with Crippen LogP contribution in [0.25, 0.3) is 11.1 Å². The molecule has 1 heterocycles. The highest BCUT2D eigenvalue weighted by molar-refractivity contribution is 5.79. The van der Waals surface area contributed by atoms with Crippen molar-refractivity contribution in [1.82, 2.24) is 4.90 Å². The van der Waals surface area contributed by atoms with Gasteiger partial charge in [0, 0.05) is 25.6 Å². The second-order valence-corrected chi connectivity index (χ2v) is 8.70. The van der Waals surface area contributed by atoms with E-state index in [1.807, 2.05) is 4.90 Å². The molecular formula is C24H27NO3. The Morgan fingerprint density at radius 3 is 2.07 bits per heavy atom. The molecule has 3 aliphatic rings. The second-order valence-electron chi connectivity index (χ2n) is 8.70. The Bertz CT molecular complexity index is 820. The fourth-order valence-electron chi connectivity index (χ4n) is 5.68. The quantitative estimate of drug-likeness (QED) is 0.869. The van der Waals surface area contributed by atoms with E-state index in [0.717, 1.165) is 25.9 Å². The minimum absolute atomic E-state index is 0.111. The summed E-state index contributed by atoms with van der Waals surface area (Å²) in [4.78, 5) is 14.7. The van der Waals surface area contributed by atoms with Crippen molar-refractivity contribution in [3.63, 3.8) is 0 Å². The van der Waals surface area contributed by atoms with Crippen molar-refractivity contribution in [3.05, 3.63) is 59.7 Å². The monoisotopic (exact) mass is 377 g/mol. The first-order valence-corrected chi connectivity index (χ1v) is 10.4. The molecule has 1 saturated carbocycles. The zero-order chi connectivity index (χ0) is 19.1. The number of nitrogens with zero attached hydrogens (tertiary/aromatic N) is 1. The molecule has 2 fully saturated rings. The van der Waals surface area contributed by atoms with Gasteiger partial charge in [-0.25, -0.2) is 4.79 Å². The van der Waals surface area contributed by atoms with Crippen LogP contribution in [-0.2, 0) is 4.74 Å². The molecule has 2 aliphatic carbocycles. The van der Waals surface area contributed by atoms with E-state index in [-0.39, 0.29) is 18.6 Å². The third kappa shape index (κ3) is 3.10. The Morgan fingerprint density at radius 2 is 1.50 bits per heavy atom. The van der Waals surface area contributed by atoms with E-state index >= 15 is 0 Å². The summed E-state index contributed by atoms with van der Waals surface area (Å²) >= 11 is 0. The van der Waals surface area contributed by atoms with Gasteiger partial charge < -0.3 is 14.7 Å². The number of carbonyl (C=O) groups excluding carboxylic acids is 1. The van der Waals surface area contributed by atoms with Crippen molar-refractivity contribution in [2.45, 2.75) is 25.2 Å². The van der Waals surface area contributed by atoms with E-state index in [1.165, 1.54) is 28.7 Å². The molecule has 5 rings (SSSR count). The molecule has 3 atom stereocenters. The van der Waals surface area contributed by atoms with Gasteiger partial charge in [0.05, 0.1) is 0 Å². The molecule has 28 heavy (non-hydrogen) atoms. The largest absolute Gasteiger partial charge is 0.448 e. The van der Waals surface area contributed by atoms with Crippen molar-refractivity contribution >= 4 is 6.09 Å². The van der Waals surface area contributed by atoms with E-state index in [9.17, 15) is 9.90 Å². The first-order chi connectivity index (χ1) is 13.7. The lowest BCUT2D eigenvalue weighted by Crippen LogP contribution is -2.48. The Morgan fingerprint density at radius 1 is 0.929 bits per heavy atom. The average Bonchev–Trinajstić information content (AvgIpc) is 3.05. The number of rotatable bonds is 3. The predicted molar refractivity (Wildman–Crippen MR) is 108 cm³/mol. The highest BCUT2D eigenvalue weighted by atomic mass is 16.6. The molecule has 1 amide bonds. The molecule has 1 aliphatic heterocycles. The van der Waals surface area contributed by atoms with Gasteiger partial charge in [0.15, 0.2) is 0 Å². The van der Waals surface area contributed by atoms with Crippen LogP contribution in [0.1, 0.15) is 36.3 Å². The van der Waals surface area contributed by atoms with Gasteiger partial charge in [0.2, 0.25) is 0 Å². The van der Waals surface area contributed by atoms with Gasteiger partial charge in [0.25, 0.3) is 0 Å². The van der Waals surface area contributed by atoms with Crippen molar-refractivity contribution in [2.75, 3.05) is 26.3 Å². The van der Waals surface area contributed by atoms with Crippen LogP contribution in [0, 0.1) is 17.8 Å². The van der Waals surface area contributed by atoms with Gasteiger partial charge in [-0.05, 0) is 59.3 Å². The maximum absolute atomic E-state index is 12.8. The Labute approximate surface area is 166 Å². The van der Waals surface area contributed by atoms with Gasteiger partial charge in [-0.3, -0.25) is 0 Å². The molecule has 2 bridgehead atoms. The van der Waals surface area contributed by atoms with Crippen LogP contribution in [0.4, 0.5) is 4.79 Å². The summed E-state index contributed by atoms with van der Waals surface area (Å²) in [5, 5.41) is 9.48. The summed E-state index contributed by atoms with van der Waals surface area (Å²) in [6, 6.07) is 16.8. The minimum Gasteiger partial charge on any atom is -0.448 e.